The molecule has 0 radical (unpaired) electrons. The molecule has 0 amide bonds. The Hall–Kier alpha value is -1.45. The lowest BCUT2D eigenvalue weighted by Crippen LogP contribution is -2.36. The zero-order valence-corrected chi connectivity index (χ0v) is 11.9. The second kappa shape index (κ2) is 6.12. The van der Waals surface area contributed by atoms with Gasteiger partial charge in [-0.1, -0.05) is 11.6 Å². The summed E-state index contributed by atoms with van der Waals surface area (Å²) < 4.78 is 38.9. The molecular formula is C11H13ClF3N5O. The molecule has 0 fully saturated rings. The predicted molar refractivity (Wildman–Crippen MR) is 69.7 cm³/mol. The third kappa shape index (κ3) is 4.02. The van der Waals surface area contributed by atoms with Gasteiger partial charge in [0.25, 0.3) is 0 Å². The molecule has 116 valence electrons. The highest BCUT2D eigenvalue weighted by Gasteiger charge is 2.31. The molecular weight excluding hydrogens is 311 g/mol. The molecule has 0 aliphatic heterocycles. The third-order valence-electron chi connectivity index (χ3n) is 2.78. The summed E-state index contributed by atoms with van der Waals surface area (Å²) in [5, 5.41) is 13.5. The molecule has 0 unspecified atom stereocenters. The van der Waals surface area contributed by atoms with Gasteiger partial charge in [0.05, 0.1) is 31.3 Å². The summed E-state index contributed by atoms with van der Waals surface area (Å²) in [6.45, 7) is -1.85. The molecule has 0 saturated carbocycles. The molecule has 2 aromatic heterocycles. The zero-order chi connectivity index (χ0) is 15.6. The van der Waals surface area contributed by atoms with Gasteiger partial charge < -0.3 is 5.11 Å². The fraction of sp³-hybridized carbons (Fsp3) is 0.545. The number of alkyl halides is 3. The number of aliphatic hydroxyl groups is 1. The molecule has 0 atom stereocenters. The Kier molecular flexibility index (Phi) is 4.64. The molecule has 1 N–H and O–H groups in total. The minimum absolute atomic E-state index is 0.135. The van der Waals surface area contributed by atoms with Crippen molar-refractivity contribution in [3.05, 3.63) is 17.2 Å². The molecule has 0 aliphatic rings. The molecule has 2 aromatic rings. The average molecular weight is 324 g/mol. The predicted octanol–water partition coefficient (Wildman–Crippen LogP) is 1.37. The molecule has 0 aliphatic carbocycles. The van der Waals surface area contributed by atoms with Gasteiger partial charge >= 0.3 is 6.18 Å². The van der Waals surface area contributed by atoms with Crippen molar-refractivity contribution in [1.82, 2.24) is 24.6 Å². The van der Waals surface area contributed by atoms with E-state index >= 15 is 0 Å². The number of halogens is 4. The lowest BCUT2D eigenvalue weighted by atomic mass is 10.4. The van der Waals surface area contributed by atoms with Gasteiger partial charge in [0.15, 0.2) is 5.65 Å². The summed E-state index contributed by atoms with van der Waals surface area (Å²) in [5.74, 6) is 0.147. The number of aromatic nitrogens is 4. The van der Waals surface area contributed by atoms with E-state index in [4.69, 9.17) is 16.7 Å². The van der Waals surface area contributed by atoms with Gasteiger partial charge in [-0.05, 0) is 0 Å². The monoisotopic (exact) mass is 323 g/mol. The molecule has 10 heteroatoms. The highest BCUT2D eigenvalue weighted by Crippen LogP contribution is 2.21. The first-order valence-electron chi connectivity index (χ1n) is 6.04. The van der Waals surface area contributed by atoms with Crippen LogP contribution in [0.2, 0.25) is 5.15 Å². The molecule has 6 nitrogen and oxygen atoms in total. The molecule has 0 saturated heterocycles. The number of aliphatic hydroxyl groups excluding tert-OH is 1. The van der Waals surface area contributed by atoms with Crippen LogP contribution in [0.25, 0.3) is 11.0 Å². The first-order valence-corrected chi connectivity index (χ1v) is 6.42. The zero-order valence-electron chi connectivity index (χ0n) is 11.1. The van der Waals surface area contributed by atoms with E-state index in [0.717, 1.165) is 4.90 Å². The Morgan fingerprint density at radius 2 is 2.10 bits per heavy atom. The molecule has 0 bridgehead atoms. The van der Waals surface area contributed by atoms with Crippen LogP contribution in [0.4, 0.5) is 13.2 Å². The van der Waals surface area contributed by atoms with Gasteiger partial charge in [-0.2, -0.15) is 18.3 Å². The molecule has 2 heterocycles. The van der Waals surface area contributed by atoms with Gasteiger partial charge in [-0.25, -0.2) is 9.97 Å². The second-order valence-electron chi connectivity index (χ2n) is 4.49. The van der Waals surface area contributed by atoms with Crippen LogP contribution in [0.1, 0.15) is 5.82 Å². The summed E-state index contributed by atoms with van der Waals surface area (Å²) in [5.41, 5.74) is 0.445. The van der Waals surface area contributed by atoms with E-state index in [-0.39, 0.29) is 24.1 Å². The number of rotatable bonds is 5. The maximum Gasteiger partial charge on any atom is 0.401 e. The van der Waals surface area contributed by atoms with Crippen molar-refractivity contribution in [1.29, 1.82) is 0 Å². The van der Waals surface area contributed by atoms with Gasteiger partial charge in [0.2, 0.25) is 0 Å². The number of hydrogen-bond acceptors (Lipinski definition) is 5. The van der Waals surface area contributed by atoms with Crippen LogP contribution in [0.3, 0.4) is 0 Å². The fourth-order valence-electron chi connectivity index (χ4n) is 1.91. The van der Waals surface area contributed by atoms with Crippen molar-refractivity contribution < 1.29 is 18.3 Å². The number of hydrogen-bond donors (Lipinski definition) is 1. The van der Waals surface area contributed by atoms with E-state index in [1.165, 1.54) is 10.9 Å². The van der Waals surface area contributed by atoms with Gasteiger partial charge in [0.1, 0.15) is 11.0 Å². The van der Waals surface area contributed by atoms with Crippen LogP contribution in [-0.4, -0.2) is 55.6 Å². The van der Waals surface area contributed by atoms with Crippen LogP contribution in [0.5, 0.6) is 0 Å². The summed E-state index contributed by atoms with van der Waals surface area (Å²) in [4.78, 5) is 9.15. The van der Waals surface area contributed by atoms with Crippen LogP contribution < -0.4 is 0 Å². The Morgan fingerprint density at radius 1 is 1.38 bits per heavy atom. The van der Waals surface area contributed by atoms with E-state index in [9.17, 15) is 13.2 Å². The summed E-state index contributed by atoms with van der Waals surface area (Å²) in [6, 6.07) is 0. The van der Waals surface area contributed by atoms with Crippen molar-refractivity contribution in [2.24, 2.45) is 7.05 Å². The van der Waals surface area contributed by atoms with Crippen LogP contribution >= 0.6 is 11.6 Å². The summed E-state index contributed by atoms with van der Waals surface area (Å²) in [6.07, 6.45) is -2.88. The maximum absolute atomic E-state index is 12.5. The van der Waals surface area contributed by atoms with Crippen molar-refractivity contribution in [3.63, 3.8) is 0 Å². The first kappa shape index (κ1) is 15.9. The number of fused-ring (bicyclic) bond motifs is 1. The van der Waals surface area contributed by atoms with Crippen LogP contribution in [-0.2, 0) is 13.6 Å². The quantitative estimate of drug-likeness (QED) is 0.842. The smallest absolute Gasteiger partial charge is 0.395 e. The van der Waals surface area contributed by atoms with Gasteiger partial charge in [-0.15, -0.1) is 0 Å². The minimum atomic E-state index is -4.37. The Morgan fingerprint density at radius 3 is 2.71 bits per heavy atom. The standard InChI is InChI=1S/C11H13ClF3N5O/c1-19-10-7(4-16-19)9(12)17-8(18-10)5-20(2-3-21)6-11(13,14)15/h4,21H,2-3,5-6H2,1H3. The maximum atomic E-state index is 12.5. The lowest BCUT2D eigenvalue weighted by molar-refractivity contribution is -0.148. The highest BCUT2D eigenvalue weighted by atomic mass is 35.5. The Bertz CT molecular complexity index is 630. The second-order valence-corrected chi connectivity index (χ2v) is 4.84. The fourth-order valence-corrected chi connectivity index (χ4v) is 2.14. The van der Waals surface area contributed by atoms with E-state index in [1.54, 1.807) is 7.05 Å². The van der Waals surface area contributed by atoms with Gasteiger partial charge in [-0.3, -0.25) is 9.58 Å². The van der Waals surface area contributed by atoms with Crippen LogP contribution in [0, 0.1) is 0 Å². The van der Waals surface area contributed by atoms with E-state index in [0.29, 0.717) is 11.0 Å². The summed E-state index contributed by atoms with van der Waals surface area (Å²) >= 11 is 5.97. The van der Waals surface area contributed by atoms with Gasteiger partial charge in [0, 0.05) is 13.6 Å². The van der Waals surface area contributed by atoms with Crippen molar-refractivity contribution >= 4 is 22.6 Å². The Labute approximate surface area is 123 Å². The molecule has 21 heavy (non-hydrogen) atoms. The average Bonchev–Trinajstić information content (AvgIpc) is 2.70. The lowest BCUT2D eigenvalue weighted by Gasteiger charge is -2.21. The van der Waals surface area contributed by atoms with Crippen LogP contribution in [0.15, 0.2) is 6.20 Å². The minimum Gasteiger partial charge on any atom is -0.395 e. The number of nitrogens with zero attached hydrogens (tertiary/aromatic N) is 5. The van der Waals surface area contributed by atoms with E-state index in [1.807, 2.05) is 0 Å². The molecule has 0 aromatic carbocycles. The number of aryl methyl sites for hydroxylation is 1. The van der Waals surface area contributed by atoms with Crippen molar-refractivity contribution in [2.75, 3.05) is 19.7 Å². The van der Waals surface area contributed by atoms with E-state index in [2.05, 4.69) is 15.1 Å². The Balaban J connectivity index is 2.25. The molecule has 0 spiro atoms. The normalized spacial score (nSPS) is 12.5. The molecule has 2 rings (SSSR count). The largest absolute Gasteiger partial charge is 0.401 e. The SMILES string of the molecule is Cn1ncc2c(Cl)nc(CN(CCO)CC(F)(F)F)nc21. The third-order valence-corrected chi connectivity index (χ3v) is 3.06. The summed E-state index contributed by atoms with van der Waals surface area (Å²) in [7, 11) is 1.65. The highest BCUT2D eigenvalue weighted by molar-refractivity contribution is 6.33. The van der Waals surface area contributed by atoms with Crippen molar-refractivity contribution in [2.45, 2.75) is 12.7 Å². The first-order chi connectivity index (χ1) is 9.80. The topological polar surface area (TPSA) is 67.1 Å². The van der Waals surface area contributed by atoms with Crippen molar-refractivity contribution in [3.8, 4) is 0 Å². The van der Waals surface area contributed by atoms with E-state index < -0.39 is 19.3 Å².